The molecule has 0 aliphatic rings. The second kappa shape index (κ2) is 4.41. The molecule has 0 amide bonds. The Hall–Kier alpha value is -0.220. The third-order valence-corrected chi connectivity index (χ3v) is 4.28. The Morgan fingerprint density at radius 3 is 1.06 bits per heavy atom. The highest BCUT2D eigenvalue weighted by Gasteiger charge is 2.85. The molecule has 0 rings (SSSR count). The molecule has 0 unspecified atom stereocenters. The zero-order valence-corrected chi connectivity index (χ0v) is 9.07. The van der Waals surface area contributed by atoms with Gasteiger partial charge in [-0.25, -0.2) is 4.08 Å². The predicted molar refractivity (Wildman–Crippen MR) is 36.5 cm³/mol. The molecule has 0 aliphatic carbocycles. The molecule has 0 radical (unpaired) electrons. The van der Waals surface area contributed by atoms with Crippen molar-refractivity contribution in [1.29, 1.82) is 0 Å². The molecule has 110 valence electrons. The van der Waals surface area contributed by atoms with Crippen LogP contribution < -0.4 is 0 Å². The molecule has 0 fully saturated rings. The molecule has 0 aromatic rings. The molecular weight excluding hydrogens is 336 g/mol. The fourth-order valence-electron chi connectivity index (χ4n) is 0.597. The van der Waals surface area contributed by atoms with Gasteiger partial charge in [0.1, 0.15) is 0 Å². The van der Waals surface area contributed by atoms with Gasteiger partial charge in [-0.3, -0.25) is 4.57 Å². The fraction of sp³-hybridized carbons (Fsp3) is 1.00. The first-order chi connectivity index (χ1) is 7.56. The van der Waals surface area contributed by atoms with Gasteiger partial charge in [0.15, 0.2) is 0 Å². The quantitative estimate of drug-likeness (QED) is 0.549. The van der Waals surface area contributed by atoms with Crippen LogP contribution in [-0.2, 0) is 8.64 Å². The Morgan fingerprint density at radius 1 is 0.722 bits per heavy atom. The van der Waals surface area contributed by atoms with Gasteiger partial charge in [-0.15, -0.1) is 0 Å². The van der Waals surface area contributed by atoms with Gasteiger partial charge in [-0.1, -0.05) is 0 Å². The van der Waals surface area contributed by atoms with Crippen molar-refractivity contribution < 1.29 is 52.5 Å². The lowest BCUT2D eigenvalue weighted by Crippen LogP contribution is -2.47. The van der Waals surface area contributed by atoms with Gasteiger partial charge in [-0.05, 0) is 0 Å². The van der Waals surface area contributed by atoms with E-state index in [0.29, 0.717) is 0 Å². The average Bonchev–Trinajstić information content (AvgIpc) is 2.12. The van der Waals surface area contributed by atoms with Crippen LogP contribution in [0.4, 0.5) is 43.9 Å². The molecular formula is C4ClF10O2P. The zero-order chi connectivity index (χ0) is 15.2. The maximum atomic E-state index is 12.4. The molecule has 2 nitrogen and oxygen atoms in total. The van der Waals surface area contributed by atoms with Gasteiger partial charge in [0.25, 0.3) is 0 Å². The van der Waals surface area contributed by atoms with Crippen molar-refractivity contribution in [3.05, 3.63) is 0 Å². The van der Waals surface area contributed by atoms with Crippen LogP contribution in [0.3, 0.4) is 0 Å². The van der Waals surface area contributed by atoms with Gasteiger partial charge < -0.3 is 0 Å². The largest absolute Gasteiger partial charge is 0.463 e. The Kier molecular flexibility index (Phi) is 4.36. The van der Waals surface area contributed by atoms with Crippen molar-refractivity contribution >= 4 is 19.2 Å². The summed E-state index contributed by atoms with van der Waals surface area (Å²) in [5.41, 5.74) is -14.0. The highest BCUT2D eigenvalue weighted by Crippen LogP contribution is 2.78. The van der Waals surface area contributed by atoms with Crippen molar-refractivity contribution in [2.24, 2.45) is 0 Å². The van der Waals surface area contributed by atoms with E-state index in [4.69, 9.17) is 0 Å². The summed E-state index contributed by atoms with van der Waals surface area (Å²) in [5.74, 6) is 0. The van der Waals surface area contributed by atoms with Gasteiger partial charge >= 0.3 is 31.0 Å². The summed E-state index contributed by atoms with van der Waals surface area (Å²) in [7, 11) is -8.00. The molecule has 0 N–H and O–H groups in total. The lowest BCUT2D eigenvalue weighted by atomic mass is 10.7. The van der Waals surface area contributed by atoms with Gasteiger partial charge in [-0.2, -0.15) is 43.9 Å². The van der Waals surface area contributed by atoms with Gasteiger partial charge in [0.05, 0.1) is 11.9 Å². The SMILES string of the molecule is O=P(OCl)(C(F)(F)C(F)(F)F)C(F)(F)C(F)(F)F. The molecule has 0 saturated heterocycles. The summed E-state index contributed by atoms with van der Waals surface area (Å²) in [6.07, 6.45) is -14.0. The average molecular weight is 336 g/mol. The normalized spacial score (nSPS) is 15.9. The molecule has 0 atom stereocenters. The van der Waals surface area contributed by atoms with Crippen LogP contribution in [0, 0.1) is 0 Å². The second-order valence-electron chi connectivity index (χ2n) is 2.70. The van der Waals surface area contributed by atoms with Crippen LogP contribution in [0.1, 0.15) is 0 Å². The number of alkyl halides is 10. The molecule has 0 aromatic carbocycles. The predicted octanol–water partition coefficient (Wildman–Crippen LogP) is 4.75. The van der Waals surface area contributed by atoms with Crippen LogP contribution in [0.15, 0.2) is 0 Å². The maximum Gasteiger partial charge on any atom is 0.463 e. The lowest BCUT2D eigenvalue weighted by Gasteiger charge is -2.32. The summed E-state index contributed by atoms with van der Waals surface area (Å²) in [5, 5.41) is 0. The van der Waals surface area contributed by atoms with Crippen molar-refractivity contribution in [2.45, 2.75) is 23.7 Å². The lowest BCUT2D eigenvalue weighted by molar-refractivity contribution is -0.270. The smallest absolute Gasteiger partial charge is 0.278 e. The highest BCUT2D eigenvalue weighted by atomic mass is 35.5. The molecule has 0 aromatic heterocycles. The monoisotopic (exact) mass is 336 g/mol. The minimum atomic E-state index is -8.00. The topological polar surface area (TPSA) is 26.3 Å². The van der Waals surface area contributed by atoms with E-state index in [1.54, 1.807) is 0 Å². The van der Waals surface area contributed by atoms with E-state index in [1.807, 2.05) is 0 Å². The van der Waals surface area contributed by atoms with Crippen LogP contribution in [0.5, 0.6) is 0 Å². The van der Waals surface area contributed by atoms with Gasteiger partial charge in [0, 0.05) is 0 Å². The summed E-state index contributed by atoms with van der Waals surface area (Å²) in [6, 6.07) is 0. The summed E-state index contributed by atoms with van der Waals surface area (Å²) in [6.45, 7) is 0. The first kappa shape index (κ1) is 17.8. The van der Waals surface area contributed by atoms with E-state index >= 15 is 0 Å². The number of hydrogen-bond acceptors (Lipinski definition) is 2. The highest BCUT2D eigenvalue weighted by molar-refractivity contribution is 7.62. The molecule has 0 saturated carbocycles. The van der Waals surface area contributed by atoms with Gasteiger partial charge in [0.2, 0.25) is 0 Å². The van der Waals surface area contributed by atoms with E-state index in [1.165, 1.54) is 0 Å². The van der Waals surface area contributed by atoms with Crippen LogP contribution in [0.25, 0.3) is 0 Å². The summed E-state index contributed by atoms with van der Waals surface area (Å²) >= 11 is 3.77. The zero-order valence-electron chi connectivity index (χ0n) is 7.42. The fourth-order valence-corrected chi connectivity index (χ4v) is 2.31. The third-order valence-electron chi connectivity index (χ3n) is 1.52. The first-order valence-electron chi connectivity index (χ1n) is 3.36. The van der Waals surface area contributed by atoms with E-state index in [-0.39, 0.29) is 0 Å². The van der Waals surface area contributed by atoms with Crippen LogP contribution >= 0.6 is 19.2 Å². The first-order valence-corrected chi connectivity index (χ1v) is 5.29. The van der Waals surface area contributed by atoms with E-state index < -0.39 is 31.0 Å². The van der Waals surface area contributed by atoms with Crippen molar-refractivity contribution in [1.82, 2.24) is 0 Å². The Bertz CT molecular complexity index is 328. The Labute approximate surface area is 96.5 Å². The number of halogens is 11. The molecule has 18 heavy (non-hydrogen) atoms. The van der Waals surface area contributed by atoms with Crippen molar-refractivity contribution in [3.63, 3.8) is 0 Å². The Balaban J connectivity index is 6.06. The Morgan fingerprint density at radius 2 is 0.944 bits per heavy atom. The number of rotatable bonds is 3. The van der Waals surface area contributed by atoms with E-state index in [2.05, 4.69) is 15.9 Å². The standard InChI is InChI=1S/C4ClF10O2P/c5-17-18(16,3(12,13)1(6,7)8)4(14,15)2(9,10)11. The molecule has 14 heteroatoms. The van der Waals surface area contributed by atoms with Crippen LogP contribution in [0.2, 0.25) is 0 Å². The second-order valence-corrected chi connectivity index (χ2v) is 5.48. The minimum Gasteiger partial charge on any atom is -0.278 e. The van der Waals surface area contributed by atoms with Crippen LogP contribution in [-0.4, -0.2) is 23.7 Å². The van der Waals surface area contributed by atoms with Crippen molar-refractivity contribution in [3.8, 4) is 0 Å². The van der Waals surface area contributed by atoms with E-state index in [0.717, 1.165) is 0 Å². The number of hydrogen-bond donors (Lipinski definition) is 0. The summed E-state index contributed by atoms with van der Waals surface area (Å²) in [4.78, 5) is 0. The summed E-state index contributed by atoms with van der Waals surface area (Å²) < 4.78 is 133. The molecule has 0 spiro atoms. The maximum absolute atomic E-state index is 12.4. The third kappa shape index (κ3) is 2.29. The molecule has 0 heterocycles. The minimum absolute atomic E-state index is 2.21. The molecule has 0 aliphatic heterocycles. The molecule has 0 bridgehead atoms. The van der Waals surface area contributed by atoms with E-state index in [9.17, 15) is 48.5 Å². The van der Waals surface area contributed by atoms with Crippen molar-refractivity contribution in [2.75, 3.05) is 0 Å².